The van der Waals surface area contributed by atoms with Crippen LogP contribution < -0.4 is 10.6 Å². The summed E-state index contributed by atoms with van der Waals surface area (Å²) in [7, 11) is 4.04. The maximum atomic E-state index is 4.23. The Labute approximate surface area is 110 Å². The molecule has 0 aromatic carbocycles. The fourth-order valence-corrected chi connectivity index (χ4v) is 2.31. The molecule has 0 unspecified atom stereocenters. The summed E-state index contributed by atoms with van der Waals surface area (Å²) in [4.78, 5) is 6.64. The molecular formula is C12H26N4S. The van der Waals surface area contributed by atoms with Crippen molar-refractivity contribution in [2.45, 2.75) is 12.8 Å². The number of guanidine groups is 1. The van der Waals surface area contributed by atoms with Crippen molar-refractivity contribution in [3.63, 3.8) is 0 Å². The molecule has 0 saturated carbocycles. The first kappa shape index (κ1) is 14.6. The standard InChI is InChI=1S/C12H26N4S/c1-13-12(14-6-9-17-3)15-10-11-4-7-16(2)8-5-11/h11H,4-10H2,1-3H3,(H2,13,14,15). The lowest BCUT2D eigenvalue weighted by Crippen LogP contribution is -2.42. The SMILES string of the molecule is CN=C(NCCSC)NCC1CCN(C)CC1. The van der Waals surface area contributed by atoms with Crippen LogP contribution in [0.2, 0.25) is 0 Å². The number of likely N-dealkylation sites (tertiary alicyclic amines) is 1. The number of nitrogens with zero attached hydrogens (tertiary/aromatic N) is 2. The highest BCUT2D eigenvalue weighted by Crippen LogP contribution is 2.14. The zero-order valence-electron chi connectivity index (χ0n) is 11.3. The lowest BCUT2D eigenvalue weighted by molar-refractivity contribution is 0.220. The van der Waals surface area contributed by atoms with Crippen LogP contribution in [-0.2, 0) is 0 Å². The van der Waals surface area contributed by atoms with Gasteiger partial charge in [-0.2, -0.15) is 11.8 Å². The highest BCUT2D eigenvalue weighted by molar-refractivity contribution is 7.98. The van der Waals surface area contributed by atoms with Crippen molar-refractivity contribution in [2.24, 2.45) is 10.9 Å². The van der Waals surface area contributed by atoms with E-state index in [9.17, 15) is 0 Å². The van der Waals surface area contributed by atoms with Crippen LogP contribution in [0.25, 0.3) is 0 Å². The second-order valence-corrected chi connectivity index (χ2v) is 5.60. The third-order valence-corrected chi connectivity index (χ3v) is 3.83. The number of nitrogens with one attached hydrogen (secondary N) is 2. The van der Waals surface area contributed by atoms with Gasteiger partial charge in [-0.1, -0.05) is 0 Å². The van der Waals surface area contributed by atoms with E-state index >= 15 is 0 Å². The van der Waals surface area contributed by atoms with Crippen molar-refractivity contribution in [1.82, 2.24) is 15.5 Å². The smallest absolute Gasteiger partial charge is 0.191 e. The molecular weight excluding hydrogens is 232 g/mol. The summed E-state index contributed by atoms with van der Waals surface area (Å²) in [5, 5.41) is 6.75. The molecule has 17 heavy (non-hydrogen) atoms. The van der Waals surface area contributed by atoms with Crippen molar-refractivity contribution < 1.29 is 0 Å². The van der Waals surface area contributed by atoms with Crippen molar-refractivity contribution >= 4 is 17.7 Å². The third-order valence-electron chi connectivity index (χ3n) is 3.22. The van der Waals surface area contributed by atoms with Crippen molar-refractivity contribution in [1.29, 1.82) is 0 Å². The predicted octanol–water partition coefficient (Wildman–Crippen LogP) is 0.856. The fraction of sp³-hybridized carbons (Fsp3) is 0.917. The molecule has 4 nitrogen and oxygen atoms in total. The topological polar surface area (TPSA) is 39.7 Å². The average Bonchev–Trinajstić information content (AvgIpc) is 2.35. The Hall–Kier alpha value is -0.420. The number of piperidine rings is 1. The minimum Gasteiger partial charge on any atom is -0.356 e. The molecule has 0 bridgehead atoms. The van der Waals surface area contributed by atoms with E-state index in [2.05, 4.69) is 33.8 Å². The van der Waals surface area contributed by atoms with Gasteiger partial charge in [-0.15, -0.1) is 0 Å². The van der Waals surface area contributed by atoms with Gasteiger partial charge in [0, 0.05) is 25.9 Å². The van der Waals surface area contributed by atoms with Crippen LogP contribution in [0.5, 0.6) is 0 Å². The lowest BCUT2D eigenvalue weighted by Gasteiger charge is -2.29. The zero-order valence-corrected chi connectivity index (χ0v) is 12.1. The Bertz CT molecular complexity index is 225. The van der Waals surface area contributed by atoms with E-state index in [-0.39, 0.29) is 0 Å². The van der Waals surface area contributed by atoms with Gasteiger partial charge in [-0.25, -0.2) is 0 Å². The van der Waals surface area contributed by atoms with Gasteiger partial charge in [0.05, 0.1) is 0 Å². The normalized spacial score (nSPS) is 19.4. The van der Waals surface area contributed by atoms with Gasteiger partial charge < -0.3 is 15.5 Å². The molecule has 0 radical (unpaired) electrons. The summed E-state index contributed by atoms with van der Waals surface area (Å²) in [5.41, 5.74) is 0. The average molecular weight is 258 g/mol. The molecule has 1 aliphatic rings. The number of aliphatic imine (C=N–C) groups is 1. The maximum absolute atomic E-state index is 4.23. The van der Waals surface area contributed by atoms with Crippen LogP contribution in [-0.4, -0.2) is 63.1 Å². The number of thioether (sulfide) groups is 1. The Morgan fingerprint density at radius 1 is 1.35 bits per heavy atom. The Morgan fingerprint density at radius 2 is 2.06 bits per heavy atom. The van der Waals surface area contributed by atoms with Gasteiger partial charge in [-0.05, 0) is 45.2 Å². The lowest BCUT2D eigenvalue weighted by atomic mass is 9.97. The first-order valence-electron chi connectivity index (χ1n) is 6.38. The van der Waals surface area contributed by atoms with Gasteiger partial charge in [0.25, 0.3) is 0 Å². The molecule has 100 valence electrons. The first-order chi connectivity index (χ1) is 8.26. The van der Waals surface area contributed by atoms with Gasteiger partial charge in [0.15, 0.2) is 5.96 Å². The van der Waals surface area contributed by atoms with Crippen molar-refractivity contribution in [3.8, 4) is 0 Å². The Kier molecular flexibility index (Phi) is 7.44. The van der Waals surface area contributed by atoms with E-state index in [0.29, 0.717) is 0 Å². The van der Waals surface area contributed by atoms with Gasteiger partial charge in [-0.3, -0.25) is 4.99 Å². The van der Waals surface area contributed by atoms with Crippen LogP contribution in [0.15, 0.2) is 4.99 Å². The molecule has 1 fully saturated rings. The Balaban J connectivity index is 2.14. The first-order valence-corrected chi connectivity index (χ1v) is 7.77. The van der Waals surface area contributed by atoms with Crippen LogP contribution >= 0.6 is 11.8 Å². The second kappa shape index (κ2) is 8.64. The second-order valence-electron chi connectivity index (χ2n) is 4.62. The van der Waals surface area contributed by atoms with Crippen LogP contribution in [0.1, 0.15) is 12.8 Å². The summed E-state index contributed by atoms with van der Waals surface area (Å²) in [6.07, 6.45) is 4.72. The molecule has 5 heteroatoms. The van der Waals surface area contributed by atoms with E-state index in [0.717, 1.165) is 30.7 Å². The number of rotatable bonds is 5. The van der Waals surface area contributed by atoms with E-state index in [1.807, 2.05) is 18.8 Å². The molecule has 0 aromatic rings. The molecule has 1 aliphatic heterocycles. The van der Waals surface area contributed by atoms with Crippen LogP contribution in [0.4, 0.5) is 0 Å². The summed E-state index contributed by atoms with van der Waals surface area (Å²) in [6, 6.07) is 0. The summed E-state index contributed by atoms with van der Waals surface area (Å²) in [5.74, 6) is 2.86. The van der Waals surface area contributed by atoms with Crippen LogP contribution in [0, 0.1) is 5.92 Å². The summed E-state index contributed by atoms with van der Waals surface area (Å²) >= 11 is 1.85. The molecule has 1 saturated heterocycles. The quantitative estimate of drug-likeness (QED) is 0.436. The monoisotopic (exact) mass is 258 g/mol. The molecule has 1 rings (SSSR count). The molecule has 0 aliphatic carbocycles. The molecule has 0 amide bonds. The minimum absolute atomic E-state index is 0.797. The molecule has 0 spiro atoms. The van der Waals surface area contributed by atoms with Crippen molar-refractivity contribution in [2.75, 3.05) is 52.3 Å². The maximum Gasteiger partial charge on any atom is 0.191 e. The van der Waals surface area contributed by atoms with E-state index in [1.165, 1.54) is 25.9 Å². The van der Waals surface area contributed by atoms with E-state index in [1.54, 1.807) is 0 Å². The minimum atomic E-state index is 0.797. The highest BCUT2D eigenvalue weighted by atomic mass is 32.2. The van der Waals surface area contributed by atoms with Gasteiger partial charge >= 0.3 is 0 Å². The number of hydrogen-bond acceptors (Lipinski definition) is 3. The predicted molar refractivity (Wildman–Crippen MR) is 78.0 cm³/mol. The van der Waals surface area contributed by atoms with Crippen LogP contribution in [0.3, 0.4) is 0 Å². The third kappa shape index (κ3) is 6.17. The molecule has 0 aromatic heterocycles. The number of hydrogen-bond donors (Lipinski definition) is 2. The Morgan fingerprint density at radius 3 is 2.65 bits per heavy atom. The highest BCUT2D eigenvalue weighted by Gasteiger charge is 2.16. The van der Waals surface area contributed by atoms with E-state index in [4.69, 9.17) is 0 Å². The summed E-state index contributed by atoms with van der Waals surface area (Å²) in [6.45, 7) is 4.48. The largest absolute Gasteiger partial charge is 0.356 e. The molecule has 0 atom stereocenters. The fourth-order valence-electron chi connectivity index (χ4n) is 2.00. The zero-order chi connectivity index (χ0) is 12.5. The van der Waals surface area contributed by atoms with Gasteiger partial charge in [0.2, 0.25) is 0 Å². The van der Waals surface area contributed by atoms with Gasteiger partial charge in [0.1, 0.15) is 0 Å². The summed E-state index contributed by atoms with van der Waals surface area (Å²) < 4.78 is 0. The molecule has 2 N–H and O–H groups in total. The molecule has 1 heterocycles. The van der Waals surface area contributed by atoms with Crippen molar-refractivity contribution in [3.05, 3.63) is 0 Å². The van der Waals surface area contributed by atoms with E-state index < -0.39 is 0 Å².